The summed E-state index contributed by atoms with van der Waals surface area (Å²) >= 11 is 5.91. The monoisotopic (exact) mass is 500 g/mol. The normalized spacial score (nSPS) is 19.4. The van der Waals surface area contributed by atoms with Gasteiger partial charge in [-0.2, -0.15) is 4.72 Å². The van der Waals surface area contributed by atoms with E-state index < -0.39 is 33.4 Å². The SMILES string of the molecule is NC(=O)COc1cccc([C@@H]2C[C@]2(NS(=O)(=O)c2ccc(-c3ccc(Cl)cc3)cc2)C(=O)O)c1. The molecule has 0 saturated heterocycles. The van der Waals surface area contributed by atoms with Gasteiger partial charge < -0.3 is 15.6 Å². The van der Waals surface area contributed by atoms with E-state index in [2.05, 4.69) is 4.72 Å². The number of ether oxygens (including phenoxy) is 1. The predicted octanol–water partition coefficient (Wildman–Crippen LogP) is 3.16. The first kappa shape index (κ1) is 23.7. The molecule has 2 atom stereocenters. The van der Waals surface area contributed by atoms with Gasteiger partial charge in [0.1, 0.15) is 11.3 Å². The fourth-order valence-electron chi connectivity index (χ4n) is 3.80. The van der Waals surface area contributed by atoms with Crippen molar-refractivity contribution >= 4 is 33.5 Å². The Kier molecular flexibility index (Phi) is 6.35. The molecule has 1 aliphatic carbocycles. The molecule has 0 radical (unpaired) electrons. The average Bonchev–Trinajstić information content (AvgIpc) is 3.53. The molecule has 0 heterocycles. The number of benzene rings is 3. The molecular formula is C24H21ClN2O6S. The summed E-state index contributed by atoms with van der Waals surface area (Å²) in [6.07, 6.45) is 0.0731. The molecule has 1 saturated carbocycles. The minimum atomic E-state index is -4.12. The molecule has 0 aromatic heterocycles. The van der Waals surface area contributed by atoms with Crippen LogP contribution in [0.5, 0.6) is 5.75 Å². The second-order valence-electron chi connectivity index (χ2n) is 8.00. The van der Waals surface area contributed by atoms with E-state index in [0.29, 0.717) is 16.3 Å². The van der Waals surface area contributed by atoms with E-state index >= 15 is 0 Å². The number of carbonyl (C=O) groups is 2. The summed E-state index contributed by atoms with van der Waals surface area (Å²) in [7, 11) is -4.12. The van der Waals surface area contributed by atoms with Crippen molar-refractivity contribution in [2.24, 2.45) is 5.73 Å². The topological polar surface area (TPSA) is 136 Å². The first-order valence-electron chi connectivity index (χ1n) is 10.3. The van der Waals surface area contributed by atoms with Gasteiger partial charge in [0.05, 0.1) is 4.90 Å². The Morgan fingerprint density at radius 1 is 1.06 bits per heavy atom. The Labute approximate surface area is 201 Å². The van der Waals surface area contributed by atoms with Crippen LogP contribution in [0.2, 0.25) is 5.02 Å². The van der Waals surface area contributed by atoms with E-state index in [0.717, 1.165) is 11.1 Å². The predicted molar refractivity (Wildman–Crippen MR) is 126 cm³/mol. The van der Waals surface area contributed by atoms with Gasteiger partial charge in [-0.3, -0.25) is 9.59 Å². The van der Waals surface area contributed by atoms with Gasteiger partial charge in [0, 0.05) is 10.9 Å². The zero-order chi connectivity index (χ0) is 24.5. The highest BCUT2D eigenvalue weighted by atomic mass is 35.5. The Morgan fingerprint density at radius 2 is 1.68 bits per heavy atom. The number of aliphatic carboxylic acids is 1. The number of nitrogens with one attached hydrogen (secondary N) is 1. The molecule has 1 amide bonds. The summed E-state index contributed by atoms with van der Waals surface area (Å²) in [5, 5.41) is 10.5. The summed E-state index contributed by atoms with van der Waals surface area (Å²) in [6, 6.07) is 19.8. The molecule has 3 aromatic rings. The summed E-state index contributed by atoms with van der Waals surface area (Å²) in [4.78, 5) is 23.0. The van der Waals surface area contributed by atoms with Crippen molar-refractivity contribution in [1.29, 1.82) is 0 Å². The van der Waals surface area contributed by atoms with Crippen LogP contribution in [-0.2, 0) is 19.6 Å². The van der Waals surface area contributed by atoms with Crippen molar-refractivity contribution in [3.63, 3.8) is 0 Å². The quantitative estimate of drug-likeness (QED) is 0.413. The van der Waals surface area contributed by atoms with E-state index in [1.165, 1.54) is 12.1 Å². The molecule has 10 heteroatoms. The minimum Gasteiger partial charge on any atom is -0.484 e. The Morgan fingerprint density at radius 3 is 2.26 bits per heavy atom. The van der Waals surface area contributed by atoms with Gasteiger partial charge in [0.25, 0.3) is 5.91 Å². The molecule has 8 nitrogen and oxygen atoms in total. The van der Waals surface area contributed by atoms with Crippen molar-refractivity contribution in [3.05, 3.63) is 83.4 Å². The lowest BCUT2D eigenvalue weighted by molar-refractivity contribution is -0.140. The largest absolute Gasteiger partial charge is 0.484 e. The number of halogens is 1. The minimum absolute atomic E-state index is 0.0463. The van der Waals surface area contributed by atoms with Crippen LogP contribution in [0, 0.1) is 0 Å². The van der Waals surface area contributed by atoms with Crippen molar-refractivity contribution in [3.8, 4) is 16.9 Å². The van der Waals surface area contributed by atoms with E-state index in [1.807, 2.05) is 12.1 Å². The average molecular weight is 501 g/mol. The van der Waals surface area contributed by atoms with Crippen LogP contribution in [0.3, 0.4) is 0 Å². The van der Waals surface area contributed by atoms with E-state index in [1.54, 1.807) is 48.5 Å². The van der Waals surface area contributed by atoms with Crippen LogP contribution in [0.4, 0.5) is 0 Å². The maximum Gasteiger partial charge on any atom is 0.325 e. The Bertz CT molecular complexity index is 1340. The summed E-state index contributed by atoms with van der Waals surface area (Å²) < 4.78 is 33.7. The Balaban J connectivity index is 1.54. The maximum absolute atomic E-state index is 13.0. The molecule has 0 unspecified atom stereocenters. The third-order valence-electron chi connectivity index (χ3n) is 5.64. The van der Waals surface area contributed by atoms with Crippen LogP contribution >= 0.6 is 11.6 Å². The molecule has 4 rings (SSSR count). The van der Waals surface area contributed by atoms with E-state index in [4.69, 9.17) is 22.1 Å². The van der Waals surface area contributed by atoms with Crippen LogP contribution < -0.4 is 15.2 Å². The van der Waals surface area contributed by atoms with Gasteiger partial charge >= 0.3 is 5.97 Å². The lowest BCUT2D eigenvalue weighted by Gasteiger charge is -2.16. The highest BCUT2D eigenvalue weighted by molar-refractivity contribution is 7.89. The molecule has 1 fully saturated rings. The number of nitrogens with two attached hydrogens (primary N) is 1. The number of primary amides is 1. The molecule has 0 spiro atoms. The standard InChI is InChI=1S/C24H21ClN2O6S/c25-18-8-4-15(5-9-18)16-6-10-20(11-7-16)34(31,32)27-24(23(29)30)13-21(24)17-2-1-3-19(12-17)33-14-22(26)28/h1-12,21,27H,13-14H2,(H2,26,28)(H,29,30)/t21-,24+/m0/s1. The van der Waals surface area contributed by atoms with Crippen LogP contribution in [0.1, 0.15) is 17.9 Å². The van der Waals surface area contributed by atoms with Crippen LogP contribution in [-0.4, -0.2) is 37.5 Å². The summed E-state index contributed by atoms with van der Waals surface area (Å²) in [5.41, 5.74) is 5.63. The third kappa shape index (κ3) is 4.91. The third-order valence-corrected chi connectivity index (χ3v) is 7.42. The Hall–Kier alpha value is -3.40. The maximum atomic E-state index is 13.0. The number of hydrogen-bond donors (Lipinski definition) is 3. The van der Waals surface area contributed by atoms with Gasteiger partial charge in [-0.15, -0.1) is 0 Å². The van der Waals surface area contributed by atoms with Gasteiger partial charge in [0.2, 0.25) is 10.0 Å². The van der Waals surface area contributed by atoms with Crippen molar-refractivity contribution in [2.75, 3.05) is 6.61 Å². The van der Waals surface area contributed by atoms with Gasteiger partial charge in [-0.05, 0) is 59.5 Å². The number of carbonyl (C=O) groups excluding carboxylic acids is 1. The van der Waals surface area contributed by atoms with Crippen molar-refractivity contribution in [1.82, 2.24) is 4.72 Å². The molecule has 0 aliphatic heterocycles. The fourth-order valence-corrected chi connectivity index (χ4v) is 5.33. The summed E-state index contributed by atoms with van der Waals surface area (Å²) in [6.45, 7) is -0.323. The van der Waals surface area contributed by atoms with E-state index in [9.17, 15) is 23.1 Å². The number of carboxylic acids is 1. The van der Waals surface area contributed by atoms with Gasteiger partial charge in [0.15, 0.2) is 6.61 Å². The zero-order valence-corrected chi connectivity index (χ0v) is 19.3. The first-order valence-corrected chi connectivity index (χ1v) is 12.1. The second-order valence-corrected chi connectivity index (χ2v) is 10.1. The van der Waals surface area contributed by atoms with Crippen molar-refractivity contribution < 1.29 is 27.9 Å². The molecule has 176 valence electrons. The highest BCUT2D eigenvalue weighted by Crippen LogP contribution is 2.53. The highest BCUT2D eigenvalue weighted by Gasteiger charge is 2.63. The molecule has 3 aromatic carbocycles. The number of hydrogen-bond acceptors (Lipinski definition) is 5. The molecular weight excluding hydrogens is 480 g/mol. The van der Waals surface area contributed by atoms with Crippen molar-refractivity contribution in [2.45, 2.75) is 22.8 Å². The molecule has 1 aliphatic rings. The fraction of sp³-hybridized carbons (Fsp3) is 0.167. The molecule has 34 heavy (non-hydrogen) atoms. The van der Waals surface area contributed by atoms with Gasteiger partial charge in [-0.1, -0.05) is 48.0 Å². The lowest BCUT2D eigenvalue weighted by Crippen LogP contribution is -2.44. The molecule has 0 bridgehead atoms. The first-order chi connectivity index (χ1) is 16.1. The number of sulfonamides is 1. The zero-order valence-electron chi connectivity index (χ0n) is 17.8. The lowest BCUT2D eigenvalue weighted by atomic mass is 10.1. The smallest absolute Gasteiger partial charge is 0.325 e. The number of rotatable bonds is 9. The number of carboxylic acid groups (broad SMARTS) is 1. The summed E-state index contributed by atoms with van der Waals surface area (Å²) in [5.74, 6) is -2.19. The van der Waals surface area contributed by atoms with Gasteiger partial charge in [-0.25, -0.2) is 8.42 Å². The van der Waals surface area contributed by atoms with E-state index in [-0.39, 0.29) is 17.9 Å². The number of amides is 1. The molecule has 4 N–H and O–H groups in total. The van der Waals surface area contributed by atoms with Crippen LogP contribution in [0.15, 0.2) is 77.7 Å². The second kappa shape index (κ2) is 9.09. The van der Waals surface area contributed by atoms with Crippen LogP contribution in [0.25, 0.3) is 11.1 Å².